The van der Waals surface area contributed by atoms with Crippen molar-refractivity contribution in [1.82, 2.24) is 9.80 Å². The molecule has 0 aliphatic carbocycles. The summed E-state index contributed by atoms with van der Waals surface area (Å²) in [6.45, 7) is 2.30. The quantitative estimate of drug-likeness (QED) is 0.774. The highest BCUT2D eigenvalue weighted by Gasteiger charge is 2.54. The predicted molar refractivity (Wildman–Crippen MR) is 115 cm³/mol. The van der Waals surface area contributed by atoms with Gasteiger partial charge in [0.25, 0.3) is 5.91 Å². The Balaban J connectivity index is 1.53. The third-order valence-corrected chi connectivity index (χ3v) is 6.03. The van der Waals surface area contributed by atoms with Crippen LogP contribution in [0.1, 0.15) is 47.2 Å². The van der Waals surface area contributed by atoms with Gasteiger partial charge in [-0.1, -0.05) is 30.9 Å². The number of hydrogen-bond donors (Lipinski definition) is 1. The molecule has 2 fully saturated rings. The van der Waals surface area contributed by atoms with E-state index in [-0.39, 0.29) is 43.0 Å². The topological polar surface area (TPSA) is 60.9 Å². The van der Waals surface area contributed by atoms with Crippen molar-refractivity contribution in [2.24, 2.45) is 0 Å². The fraction of sp³-hybridized carbons (Fsp3) is 0.360. The van der Waals surface area contributed by atoms with E-state index in [2.05, 4.69) is 18.8 Å². The van der Waals surface area contributed by atoms with Gasteiger partial charge in [-0.05, 0) is 48.4 Å². The van der Waals surface area contributed by atoms with E-state index in [1.807, 2.05) is 24.3 Å². The number of halogens is 1. The van der Waals surface area contributed by atoms with Crippen molar-refractivity contribution in [1.29, 1.82) is 0 Å². The summed E-state index contributed by atoms with van der Waals surface area (Å²) in [5, 5.41) is 9.92. The van der Waals surface area contributed by atoms with Crippen LogP contribution in [0.5, 0.6) is 0 Å². The minimum atomic E-state index is -0.412. The van der Waals surface area contributed by atoms with Crippen LogP contribution < -0.4 is 0 Å². The molecular weight excluding hydrogens is 395 g/mol. The SMILES string of the molecule is CCCC#Cc1ccc([C@H]2[C@H]3CN(C(=O)c4ccc(F)cc4)CC(=O)N3[C@H]2CO)cc1. The molecule has 0 saturated carbocycles. The van der Waals surface area contributed by atoms with Crippen LogP contribution in [0, 0.1) is 17.7 Å². The molecule has 0 bridgehead atoms. The monoisotopic (exact) mass is 420 g/mol. The summed E-state index contributed by atoms with van der Waals surface area (Å²) in [5.74, 6) is 5.32. The molecule has 2 heterocycles. The lowest BCUT2D eigenvalue weighted by atomic mass is 9.73. The van der Waals surface area contributed by atoms with Crippen molar-refractivity contribution < 1.29 is 19.1 Å². The molecule has 2 saturated heterocycles. The molecule has 160 valence electrons. The van der Waals surface area contributed by atoms with E-state index in [9.17, 15) is 19.1 Å². The number of amides is 2. The molecule has 2 amide bonds. The highest BCUT2D eigenvalue weighted by Crippen LogP contribution is 2.43. The third kappa shape index (κ3) is 4.06. The molecule has 4 rings (SSSR count). The van der Waals surface area contributed by atoms with Gasteiger partial charge >= 0.3 is 0 Å². The molecule has 0 unspecified atom stereocenters. The zero-order valence-corrected chi connectivity index (χ0v) is 17.4. The molecule has 5 nitrogen and oxygen atoms in total. The van der Waals surface area contributed by atoms with Gasteiger partial charge in [0.1, 0.15) is 12.4 Å². The second-order valence-corrected chi connectivity index (χ2v) is 8.01. The van der Waals surface area contributed by atoms with Gasteiger partial charge in [0.05, 0.1) is 18.7 Å². The number of aliphatic hydroxyl groups excluding tert-OH is 1. The van der Waals surface area contributed by atoms with E-state index < -0.39 is 5.82 Å². The molecule has 2 aliphatic rings. The Labute approximate surface area is 181 Å². The van der Waals surface area contributed by atoms with E-state index in [4.69, 9.17) is 0 Å². The predicted octanol–water partition coefficient (Wildman–Crippen LogP) is 2.79. The van der Waals surface area contributed by atoms with Crippen LogP contribution in [-0.2, 0) is 4.79 Å². The number of piperazine rings is 1. The number of rotatable bonds is 4. The van der Waals surface area contributed by atoms with Gasteiger partial charge < -0.3 is 14.9 Å². The first-order valence-corrected chi connectivity index (χ1v) is 10.6. The maximum atomic E-state index is 13.2. The first-order valence-electron chi connectivity index (χ1n) is 10.6. The number of carbonyl (C=O) groups is 2. The number of carbonyl (C=O) groups excluding carboxylic acids is 2. The summed E-state index contributed by atoms with van der Waals surface area (Å²) in [6, 6.07) is 12.8. The Kier molecular flexibility index (Phi) is 6.06. The summed E-state index contributed by atoms with van der Waals surface area (Å²) < 4.78 is 13.2. The van der Waals surface area contributed by atoms with Crippen molar-refractivity contribution in [3.05, 3.63) is 71.0 Å². The molecule has 2 aliphatic heterocycles. The summed E-state index contributed by atoms with van der Waals surface area (Å²) in [7, 11) is 0. The molecule has 31 heavy (non-hydrogen) atoms. The first-order chi connectivity index (χ1) is 15.0. The van der Waals surface area contributed by atoms with Crippen LogP contribution in [0.4, 0.5) is 4.39 Å². The van der Waals surface area contributed by atoms with Gasteiger partial charge in [0.15, 0.2) is 0 Å². The van der Waals surface area contributed by atoms with Crippen LogP contribution in [0.3, 0.4) is 0 Å². The van der Waals surface area contributed by atoms with Gasteiger partial charge in [-0.25, -0.2) is 4.39 Å². The summed E-state index contributed by atoms with van der Waals surface area (Å²) in [4.78, 5) is 28.8. The van der Waals surface area contributed by atoms with Crippen molar-refractivity contribution in [3.8, 4) is 11.8 Å². The minimum absolute atomic E-state index is 0.0398. The number of fused-ring (bicyclic) bond motifs is 1. The molecular formula is C25H25FN2O3. The van der Waals surface area contributed by atoms with E-state index in [1.54, 1.807) is 4.90 Å². The second kappa shape index (κ2) is 8.91. The maximum Gasteiger partial charge on any atom is 0.254 e. The molecule has 2 aromatic carbocycles. The zero-order valence-electron chi connectivity index (χ0n) is 17.4. The molecule has 0 radical (unpaired) electrons. The molecule has 0 spiro atoms. The molecule has 3 atom stereocenters. The Hall–Kier alpha value is -3.17. The van der Waals surface area contributed by atoms with Gasteiger partial charge in [-0.15, -0.1) is 0 Å². The highest BCUT2D eigenvalue weighted by molar-refractivity contribution is 5.97. The van der Waals surface area contributed by atoms with E-state index in [0.29, 0.717) is 12.1 Å². The number of hydrogen-bond acceptors (Lipinski definition) is 3. The van der Waals surface area contributed by atoms with E-state index >= 15 is 0 Å². The molecule has 0 aromatic heterocycles. The zero-order chi connectivity index (χ0) is 22.0. The lowest BCUT2D eigenvalue weighted by molar-refractivity contribution is -0.159. The highest BCUT2D eigenvalue weighted by atomic mass is 19.1. The Bertz CT molecular complexity index is 1020. The van der Waals surface area contributed by atoms with Gasteiger partial charge in [0.2, 0.25) is 5.91 Å². The molecule has 1 N–H and O–H groups in total. The van der Waals surface area contributed by atoms with E-state index in [0.717, 1.165) is 24.0 Å². The van der Waals surface area contributed by atoms with Gasteiger partial charge in [-0.2, -0.15) is 0 Å². The van der Waals surface area contributed by atoms with Crippen molar-refractivity contribution in [2.45, 2.75) is 37.8 Å². The van der Waals surface area contributed by atoms with Crippen LogP contribution in [0.15, 0.2) is 48.5 Å². The smallest absolute Gasteiger partial charge is 0.254 e. The Morgan fingerprint density at radius 1 is 1.16 bits per heavy atom. The third-order valence-electron chi connectivity index (χ3n) is 6.03. The van der Waals surface area contributed by atoms with Gasteiger partial charge in [-0.3, -0.25) is 9.59 Å². The van der Waals surface area contributed by atoms with Crippen molar-refractivity contribution in [2.75, 3.05) is 19.7 Å². The van der Waals surface area contributed by atoms with Crippen LogP contribution >= 0.6 is 0 Å². The summed E-state index contributed by atoms with van der Waals surface area (Å²) in [5.41, 5.74) is 2.30. The lowest BCUT2D eigenvalue weighted by Gasteiger charge is -2.58. The van der Waals surface area contributed by atoms with Gasteiger partial charge in [0, 0.05) is 30.0 Å². The normalized spacial score (nSPS) is 22.3. The van der Waals surface area contributed by atoms with Crippen LogP contribution in [-0.4, -0.2) is 58.5 Å². The summed E-state index contributed by atoms with van der Waals surface area (Å²) >= 11 is 0. The minimum Gasteiger partial charge on any atom is -0.394 e. The summed E-state index contributed by atoms with van der Waals surface area (Å²) in [6.07, 6.45) is 1.87. The fourth-order valence-electron chi connectivity index (χ4n) is 4.51. The number of unbranched alkanes of at least 4 members (excludes halogenated alkanes) is 1. The van der Waals surface area contributed by atoms with Crippen molar-refractivity contribution >= 4 is 11.8 Å². The molecule has 2 aromatic rings. The Morgan fingerprint density at radius 2 is 1.87 bits per heavy atom. The average Bonchev–Trinajstić information content (AvgIpc) is 2.76. The lowest BCUT2D eigenvalue weighted by Crippen LogP contribution is -2.73. The van der Waals surface area contributed by atoms with Crippen LogP contribution in [0.25, 0.3) is 0 Å². The second-order valence-electron chi connectivity index (χ2n) is 8.01. The Morgan fingerprint density at radius 3 is 2.52 bits per heavy atom. The van der Waals surface area contributed by atoms with E-state index in [1.165, 1.54) is 29.2 Å². The largest absolute Gasteiger partial charge is 0.394 e. The maximum absolute atomic E-state index is 13.2. The molecule has 6 heteroatoms. The average molecular weight is 420 g/mol. The number of aliphatic hydroxyl groups is 1. The first kappa shape index (κ1) is 21.1. The number of nitrogens with zero attached hydrogens (tertiary/aromatic N) is 2. The number of benzene rings is 2. The van der Waals surface area contributed by atoms with Crippen LogP contribution in [0.2, 0.25) is 0 Å². The van der Waals surface area contributed by atoms with Crippen molar-refractivity contribution in [3.63, 3.8) is 0 Å². The fourth-order valence-corrected chi connectivity index (χ4v) is 4.51. The standard InChI is InChI=1S/C25H25FN2O3/c1-2-3-4-5-17-6-8-18(9-7-17)24-21-14-27(15-23(30)28(21)22(24)16-29)25(31)19-10-12-20(26)13-11-19/h6-13,21-22,24,29H,2-3,14-16H2,1H3/t21-,22+,24+/m1/s1.